The zero-order valence-corrected chi connectivity index (χ0v) is 10.7. The summed E-state index contributed by atoms with van der Waals surface area (Å²) in [5, 5.41) is 3.36. The minimum atomic E-state index is 0.459. The normalized spacial score (nSPS) is 23.6. The van der Waals surface area contributed by atoms with Crippen LogP contribution in [0, 0.1) is 5.92 Å². The summed E-state index contributed by atoms with van der Waals surface area (Å²) < 4.78 is 0. The van der Waals surface area contributed by atoms with Crippen LogP contribution in [-0.2, 0) is 0 Å². The van der Waals surface area contributed by atoms with Crippen molar-refractivity contribution in [3.05, 3.63) is 0 Å². The minimum absolute atomic E-state index is 0.459. The van der Waals surface area contributed by atoms with Gasteiger partial charge in [-0.2, -0.15) is 0 Å². The molecule has 1 saturated heterocycles. The highest BCUT2D eigenvalue weighted by Crippen LogP contribution is 2.07. The molecule has 0 bridgehead atoms. The van der Waals surface area contributed by atoms with E-state index in [-0.39, 0.29) is 0 Å². The third-order valence-corrected chi connectivity index (χ3v) is 2.72. The number of piperidine rings is 1. The lowest BCUT2D eigenvalue weighted by atomic mass is 10.1. The monoisotopic (exact) mass is 227 g/mol. The molecule has 0 amide bonds. The largest absolute Gasteiger partial charge is 0.351 e. The second kappa shape index (κ2) is 6.70. The van der Waals surface area contributed by atoms with Gasteiger partial charge in [-0.15, -0.1) is 0 Å². The Hall–Kier alpha value is -0.810. The van der Waals surface area contributed by atoms with Crippen LogP contribution in [0.5, 0.6) is 0 Å². The van der Waals surface area contributed by atoms with Crippen LogP contribution in [0.25, 0.3) is 0 Å². The summed E-state index contributed by atoms with van der Waals surface area (Å²) >= 11 is 0. The number of hydrogen-bond donors (Lipinski definition) is 3. The molecule has 0 aromatic rings. The molecule has 1 aliphatic rings. The molecule has 1 atom stereocenters. The fraction of sp³-hybridized carbons (Fsp3) is 0.909. The van der Waals surface area contributed by atoms with Crippen molar-refractivity contribution < 1.29 is 0 Å². The molecule has 1 heterocycles. The Morgan fingerprint density at radius 3 is 2.88 bits per heavy atom. The topological polar surface area (TPSA) is 65.7 Å². The number of guanidine groups is 1. The number of nitrogens with one attached hydrogen (secondary N) is 2. The highest BCUT2D eigenvalue weighted by atomic mass is 15.3. The van der Waals surface area contributed by atoms with Gasteiger partial charge in [0.15, 0.2) is 0 Å². The first-order valence-electron chi connectivity index (χ1n) is 6.08. The molecule has 16 heavy (non-hydrogen) atoms. The molecular weight excluding hydrogens is 202 g/mol. The molecule has 1 fully saturated rings. The highest BCUT2D eigenvalue weighted by molar-refractivity contribution is 5.79. The predicted octanol–water partition coefficient (Wildman–Crippen LogP) is 0.146. The number of aliphatic imine (C=N–C) groups is 1. The average Bonchev–Trinajstić information content (AvgIpc) is 2.24. The van der Waals surface area contributed by atoms with Gasteiger partial charge in [-0.25, -0.2) is 5.84 Å². The predicted molar refractivity (Wildman–Crippen MR) is 68.1 cm³/mol. The maximum atomic E-state index is 5.45. The first-order valence-corrected chi connectivity index (χ1v) is 6.08. The van der Waals surface area contributed by atoms with Crippen molar-refractivity contribution in [2.75, 3.05) is 26.7 Å². The number of hydrazine groups is 1. The van der Waals surface area contributed by atoms with Gasteiger partial charge < -0.3 is 10.2 Å². The van der Waals surface area contributed by atoms with E-state index in [1.807, 2.05) is 0 Å². The van der Waals surface area contributed by atoms with Gasteiger partial charge in [-0.3, -0.25) is 10.4 Å². The molecule has 0 aromatic heterocycles. The van der Waals surface area contributed by atoms with Crippen LogP contribution in [0.1, 0.15) is 26.7 Å². The molecular formula is C11H25N5. The lowest BCUT2D eigenvalue weighted by Gasteiger charge is -2.31. The van der Waals surface area contributed by atoms with E-state index in [1.54, 1.807) is 0 Å². The quantitative estimate of drug-likeness (QED) is 0.278. The molecule has 0 aromatic carbocycles. The fourth-order valence-electron chi connectivity index (χ4n) is 1.88. The third kappa shape index (κ3) is 4.81. The van der Waals surface area contributed by atoms with Crippen LogP contribution in [0.4, 0.5) is 0 Å². The smallest absolute Gasteiger partial charge is 0.205 e. The van der Waals surface area contributed by atoms with Gasteiger partial charge in [-0.05, 0) is 32.4 Å². The summed E-state index contributed by atoms with van der Waals surface area (Å²) in [6.45, 7) is 7.34. The van der Waals surface area contributed by atoms with E-state index in [9.17, 15) is 0 Å². The van der Waals surface area contributed by atoms with Gasteiger partial charge in [0.05, 0.1) is 0 Å². The van der Waals surface area contributed by atoms with Crippen LogP contribution in [-0.4, -0.2) is 43.6 Å². The van der Waals surface area contributed by atoms with Gasteiger partial charge in [0.1, 0.15) is 0 Å². The van der Waals surface area contributed by atoms with Crippen molar-refractivity contribution in [3.63, 3.8) is 0 Å². The van der Waals surface area contributed by atoms with E-state index in [0.717, 1.165) is 13.1 Å². The average molecular weight is 227 g/mol. The Bertz CT molecular complexity index is 226. The maximum absolute atomic E-state index is 5.45. The SMILES string of the molecule is CC(C)CN=C(NN)NC1CCCN(C)C1. The molecule has 1 aliphatic heterocycles. The molecule has 5 nitrogen and oxygen atoms in total. The Kier molecular flexibility index (Phi) is 5.55. The molecule has 0 saturated carbocycles. The van der Waals surface area contributed by atoms with Crippen molar-refractivity contribution in [3.8, 4) is 0 Å². The lowest BCUT2D eigenvalue weighted by Crippen LogP contribution is -2.52. The number of likely N-dealkylation sites (tertiary alicyclic amines) is 1. The highest BCUT2D eigenvalue weighted by Gasteiger charge is 2.17. The number of nitrogens with zero attached hydrogens (tertiary/aromatic N) is 2. The maximum Gasteiger partial charge on any atom is 0.205 e. The molecule has 0 spiro atoms. The number of nitrogens with two attached hydrogens (primary N) is 1. The third-order valence-electron chi connectivity index (χ3n) is 2.72. The van der Waals surface area contributed by atoms with E-state index in [4.69, 9.17) is 5.84 Å². The molecule has 94 valence electrons. The Labute approximate surface area is 98.4 Å². The standard InChI is InChI=1S/C11H25N5/c1-9(2)7-13-11(15-12)14-10-5-4-6-16(3)8-10/h9-10H,4-8,12H2,1-3H3,(H2,13,14,15). The first kappa shape index (κ1) is 13.3. The van der Waals surface area contributed by atoms with Crippen LogP contribution in [0.15, 0.2) is 4.99 Å². The summed E-state index contributed by atoms with van der Waals surface area (Å²) in [5.41, 5.74) is 2.64. The number of likely N-dealkylation sites (N-methyl/N-ethyl adjacent to an activating group) is 1. The minimum Gasteiger partial charge on any atom is -0.351 e. The van der Waals surface area contributed by atoms with E-state index >= 15 is 0 Å². The van der Waals surface area contributed by atoms with E-state index in [0.29, 0.717) is 17.9 Å². The Morgan fingerprint density at radius 1 is 1.56 bits per heavy atom. The van der Waals surface area contributed by atoms with Crippen molar-refractivity contribution in [2.24, 2.45) is 16.8 Å². The van der Waals surface area contributed by atoms with E-state index < -0.39 is 0 Å². The molecule has 0 radical (unpaired) electrons. The van der Waals surface area contributed by atoms with Gasteiger partial charge in [0.25, 0.3) is 0 Å². The van der Waals surface area contributed by atoms with Crippen molar-refractivity contribution in [1.82, 2.24) is 15.6 Å². The summed E-state index contributed by atoms with van der Waals surface area (Å²) in [6, 6.07) is 0.459. The number of hydrogen-bond acceptors (Lipinski definition) is 3. The number of rotatable bonds is 3. The van der Waals surface area contributed by atoms with Crippen LogP contribution in [0.2, 0.25) is 0 Å². The zero-order valence-electron chi connectivity index (χ0n) is 10.7. The van der Waals surface area contributed by atoms with Gasteiger partial charge in [0.2, 0.25) is 5.96 Å². The van der Waals surface area contributed by atoms with Gasteiger partial charge in [-0.1, -0.05) is 13.8 Å². The molecule has 4 N–H and O–H groups in total. The Balaban J connectivity index is 2.39. The van der Waals surface area contributed by atoms with Crippen molar-refractivity contribution >= 4 is 5.96 Å². The summed E-state index contributed by atoms with van der Waals surface area (Å²) in [5.74, 6) is 6.73. The molecule has 1 unspecified atom stereocenters. The second-order valence-corrected chi connectivity index (χ2v) is 4.97. The zero-order chi connectivity index (χ0) is 12.0. The molecule has 5 heteroatoms. The van der Waals surface area contributed by atoms with Crippen LogP contribution >= 0.6 is 0 Å². The van der Waals surface area contributed by atoms with E-state index in [2.05, 4.69) is 41.5 Å². The van der Waals surface area contributed by atoms with Crippen LogP contribution < -0.4 is 16.6 Å². The second-order valence-electron chi connectivity index (χ2n) is 4.97. The fourth-order valence-corrected chi connectivity index (χ4v) is 1.88. The van der Waals surface area contributed by atoms with Gasteiger partial charge in [0, 0.05) is 19.1 Å². The van der Waals surface area contributed by atoms with Gasteiger partial charge >= 0.3 is 0 Å². The lowest BCUT2D eigenvalue weighted by molar-refractivity contribution is 0.240. The summed E-state index contributed by atoms with van der Waals surface area (Å²) in [7, 11) is 2.15. The van der Waals surface area contributed by atoms with Crippen molar-refractivity contribution in [2.45, 2.75) is 32.7 Å². The van der Waals surface area contributed by atoms with Crippen molar-refractivity contribution in [1.29, 1.82) is 0 Å². The Morgan fingerprint density at radius 2 is 2.31 bits per heavy atom. The first-order chi connectivity index (χ1) is 7.61. The van der Waals surface area contributed by atoms with Crippen LogP contribution in [0.3, 0.4) is 0 Å². The molecule has 1 rings (SSSR count). The summed E-state index contributed by atoms with van der Waals surface area (Å²) in [4.78, 5) is 6.74. The molecule has 0 aliphatic carbocycles. The van der Waals surface area contributed by atoms with E-state index in [1.165, 1.54) is 19.4 Å². The summed E-state index contributed by atoms with van der Waals surface area (Å²) in [6.07, 6.45) is 2.42.